The van der Waals surface area contributed by atoms with E-state index in [0.29, 0.717) is 12.8 Å². The summed E-state index contributed by atoms with van der Waals surface area (Å²) in [6.07, 6.45) is 32.3. The summed E-state index contributed by atoms with van der Waals surface area (Å²) < 4.78 is 15.4. The van der Waals surface area contributed by atoms with Gasteiger partial charge in [-0.2, -0.15) is 0 Å². The molecule has 2 N–H and O–H groups in total. The number of hydrogen-bond donors (Lipinski definition) is 2. The minimum absolute atomic E-state index is 0.000251. The predicted octanol–water partition coefficient (Wildman–Crippen LogP) is 11.0. The smallest absolute Gasteiger partial charge is 0.328 e. The van der Waals surface area contributed by atoms with E-state index < -0.39 is 41.9 Å². The zero-order chi connectivity index (χ0) is 41.7. The first-order valence-electron chi connectivity index (χ1n) is 23.0. The first-order chi connectivity index (χ1) is 27.1. The van der Waals surface area contributed by atoms with Gasteiger partial charge in [-0.15, -0.1) is 0 Å². The zero-order valence-electron chi connectivity index (χ0n) is 37.0. The number of hydrogen-bond acceptors (Lipinski definition) is 8. The molecule has 0 saturated carbocycles. The van der Waals surface area contributed by atoms with Gasteiger partial charge in [0.05, 0.1) is 20.6 Å². The molecule has 0 aromatic carbocycles. The van der Waals surface area contributed by atoms with Crippen molar-refractivity contribution >= 4 is 29.7 Å². The van der Waals surface area contributed by atoms with E-state index in [1.54, 1.807) is 13.8 Å². The Hall–Kier alpha value is -2.65. The lowest BCUT2D eigenvalue weighted by Gasteiger charge is -2.25. The zero-order valence-corrected chi connectivity index (χ0v) is 37.0. The van der Waals surface area contributed by atoms with Gasteiger partial charge < -0.3 is 24.8 Å². The Morgan fingerprint density at radius 1 is 0.482 bits per heavy atom. The minimum atomic E-state index is -1.07. The van der Waals surface area contributed by atoms with Crippen LogP contribution in [0.1, 0.15) is 227 Å². The van der Waals surface area contributed by atoms with Crippen molar-refractivity contribution in [2.45, 2.75) is 245 Å². The van der Waals surface area contributed by atoms with Crippen LogP contribution in [0.15, 0.2) is 0 Å². The lowest BCUT2D eigenvalue weighted by Crippen LogP contribution is -2.54. The number of esters is 3. The van der Waals surface area contributed by atoms with Gasteiger partial charge in [0, 0.05) is 12.8 Å². The summed E-state index contributed by atoms with van der Waals surface area (Å²) in [5.74, 6) is -2.72. The van der Waals surface area contributed by atoms with Crippen LogP contribution in [0.2, 0.25) is 0 Å². The molecule has 0 radical (unpaired) electrons. The summed E-state index contributed by atoms with van der Waals surface area (Å²) in [4.78, 5) is 63.7. The van der Waals surface area contributed by atoms with Gasteiger partial charge in [0.1, 0.15) is 18.2 Å². The van der Waals surface area contributed by atoms with Crippen LogP contribution < -0.4 is 10.6 Å². The van der Waals surface area contributed by atoms with Crippen LogP contribution in [0.4, 0.5) is 0 Å². The van der Waals surface area contributed by atoms with Gasteiger partial charge in [-0.25, -0.2) is 4.79 Å². The fraction of sp³-hybridized carbons (Fsp3) is 0.891. The van der Waals surface area contributed by atoms with Gasteiger partial charge >= 0.3 is 17.9 Å². The molecule has 0 aliphatic carbocycles. The fourth-order valence-corrected chi connectivity index (χ4v) is 7.12. The molecule has 0 aromatic rings. The van der Waals surface area contributed by atoms with Crippen molar-refractivity contribution in [1.29, 1.82) is 0 Å². The fourth-order valence-electron chi connectivity index (χ4n) is 7.12. The quantitative estimate of drug-likeness (QED) is 0.0356. The highest BCUT2D eigenvalue weighted by Crippen LogP contribution is 2.18. The summed E-state index contributed by atoms with van der Waals surface area (Å²) in [5.41, 5.74) is 0. The van der Waals surface area contributed by atoms with Crippen molar-refractivity contribution in [3.63, 3.8) is 0 Å². The van der Waals surface area contributed by atoms with Crippen LogP contribution in [-0.2, 0) is 38.2 Å². The van der Waals surface area contributed by atoms with Crippen molar-refractivity contribution in [3.05, 3.63) is 0 Å². The van der Waals surface area contributed by atoms with E-state index in [1.807, 2.05) is 0 Å². The van der Waals surface area contributed by atoms with Crippen LogP contribution in [0.3, 0.4) is 0 Å². The average molecular weight is 795 g/mol. The van der Waals surface area contributed by atoms with Crippen molar-refractivity contribution in [3.8, 4) is 0 Å². The van der Waals surface area contributed by atoms with Gasteiger partial charge in [0.25, 0.3) is 0 Å². The molecule has 0 heterocycles. The maximum absolute atomic E-state index is 13.4. The Morgan fingerprint density at radius 2 is 0.911 bits per heavy atom. The van der Waals surface area contributed by atoms with Crippen molar-refractivity contribution in [2.24, 2.45) is 5.92 Å². The van der Waals surface area contributed by atoms with Crippen LogP contribution in [0.5, 0.6) is 0 Å². The molecule has 0 spiro atoms. The molecule has 0 bridgehead atoms. The normalized spacial score (nSPS) is 12.8. The average Bonchev–Trinajstić information content (AvgIpc) is 3.18. The van der Waals surface area contributed by atoms with Crippen molar-refractivity contribution in [1.82, 2.24) is 10.6 Å². The first kappa shape index (κ1) is 53.4. The largest absolute Gasteiger partial charge is 0.469 e. The second-order valence-corrected chi connectivity index (χ2v) is 16.3. The number of ether oxygens (including phenoxy) is 3. The van der Waals surface area contributed by atoms with E-state index in [2.05, 4.69) is 29.2 Å². The Morgan fingerprint density at radius 3 is 1.32 bits per heavy atom. The number of amides is 2. The maximum atomic E-state index is 13.4. The highest BCUT2D eigenvalue weighted by molar-refractivity contribution is 5.91. The third-order valence-electron chi connectivity index (χ3n) is 10.8. The lowest BCUT2D eigenvalue weighted by molar-refractivity contribution is -0.151. The van der Waals surface area contributed by atoms with E-state index in [4.69, 9.17) is 9.47 Å². The SMILES string of the molecule is CCCCCCCCCCCCCCCC(=O)OC(CCCCCCCCCCCCCCC)CC(=O)N[C@@H](C(=O)N[C@H](CCC(=O)OC)C(=O)OC)C(C)C. The lowest BCUT2D eigenvalue weighted by atomic mass is 10.0. The summed E-state index contributed by atoms with van der Waals surface area (Å²) in [7, 11) is 2.46. The Kier molecular flexibility index (Phi) is 36.1. The third-order valence-corrected chi connectivity index (χ3v) is 10.8. The van der Waals surface area contributed by atoms with E-state index >= 15 is 0 Å². The number of nitrogens with one attached hydrogen (secondary N) is 2. The number of rotatable bonds is 39. The molecule has 1 unspecified atom stereocenters. The molecular formula is C46H86N2O8. The molecule has 0 aliphatic heterocycles. The molecule has 0 aromatic heterocycles. The van der Waals surface area contributed by atoms with Crippen LogP contribution >= 0.6 is 0 Å². The highest BCUT2D eigenvalue weighted by atomic mass is 16.5. The summed E-state index contributed by atoms with van der Waals surface area (Å²) in [6.45, 7) is 8.10. The summed E-state index contributed by atoms with van der Waals surface area (Å²) >= 11 is 0. The molecule has 0 fully saturated rings. The summed E-state index contributed by atoms with van der Waals surface area (Å²) in [5, 5.41) is 5.45. The van der Waals surface area contributed by atoms with Gasteiger partial charge in [-0.1, -0.05) is 182 Å². The van der Waals surface area contributed by atoms with E-state index in [-0.39, 0.29) is 31.1 Å². The van der Waals surface area contributed by atoms with Crippen LogP contribution in [0, 0.1) is 5.92 Å². The topological polar surface area (TPSA) is 137 Å². The molecule has 56 heavy (non-hydrogen) atoms. The molecule has 2 amide bonds. The van der Waals surface area contributed by atoms with E-state index in [0.717, 1.165) is 38.5 Å². The summed E-state index contributed by atoms with van der Waals surface area (Å²) in [6, 6.07) is -2.01. The second kappa shape index (κ2) is 37.9. The predicted molar refractivity (Wildman–Crippen MR) is 227 cm³/mol. The van der Waals surface area contributed by atoms with Gasteiger partial charge in [0.15, 0.2) is 0 Å². The maximum Gasteiger partial charge on any atom is 0.328 e. The monoisotopic (exact) mass is 795 g/mol. The molecule has 10 heteroatoms. The Labute approximate surface area is 342 Å². The number of carbonyl (C=O) groups is 5. The standard InChI is InChI=1S/C46H86N2O8/c1-7-9-11-13-15-17-19-21-23-25-27-29-31-33-39(56-43(51)34-32-30-28-26-24-22-20-18-16-14-12-10-8-2)37-41(49)48-44(38(3)4)45(52)47-40(46(53)55-6)35-36-42(50)54-5/h38-40,44H,7-37H2,1-6H3,(H,47,52)(H,48,49)/t39?,40-,44-/m1/s1. The van der Waals surface area contributed by atoms with Crippen molar-refractivity contribution in [2.75, 3.05) is 14.2 Å². The molecule has 10 nitrogen and oxygen atoms in total. The Bertz CT molecular complexity index is 1000. The molecule has 3 atom stereocenters. The third kappa shape index (κ3) is 31.4. The first-order valence-corrected chi connectivity index (χ1v) is 23.0. The highest BCUT2D eigenvalue weighted by Gasteiger charge is 2.30. The van der Waals surface area contributed by atoms with Crippen LogP contribution in [-0.4, -0.2) is 62.1 Å². The van der Waals surface area contributed by atoms with Gasteiger partial charge in [-0.3, -0.25) is 19.2 Å². The molecule has 0 saturated heterocycles. The van der Waals surface area contributed by atoms with E-state index in [9.17, 15) is 24.0 Å². The Balaban J connectivity index is 4.97. The molecular weight excluding hydrogens is 709 g/mol. The minimum Gasteiger partial charge on any atom is -0.469 e. The molecule has 328 valence electrons. The van der Waals surface area contributed by atoms with Gasteiger partial charge in [-0.05, 0) is 31.6 Å². The van der Waals surface area contributed by atoms with Crippen molar-refractivity contribution < 1.29 is 38.2 Å². The second-order valence-electron chi connectivity index (χ2n) is 16.3. The van der Waals surface area contributed by atoms with Gasteiger partial charge in [0.2, 0.25) is 11.8 Å². The van der Waals surface area contributed by atoms with Crippen LogP contribution in [0.25, 0.3) is 0 Å². The number of carbonyl (C=O) groups excluding carboxylic acids is 5. The molecule has 0 rings (SSSR count). The number of unbranched alkanes of at least 4 members (excludes halogenated alkanes) is 24. The number of methoxy groups -OCH3 is 2. The molecule has 0 aliphatic rings. The van der Waals surface area contributed by atoms with E-state index in [1.165, 1.54) is 143 Å².